The van der Waals surface area contributed by atoms with Crippen LogP contribution in [-0.2, 0) is 0 Å². The molecule has 1 N–H and O–H groups in total. The summed E-state index contributed by atoms with van der Waals surface area (Å²) in [6.07, 6.45) is 5.19. The lowest BCUT2D eigenvalue weighted by atomic mass is 10.2. The molecule has 11 heavy (non-hydrogen) atoms. The van der Waals surface area contributed by atoms with Crippen LogP contribution in [0.4, 0.5) is 0 Å². The third-order valence-corrected chi connectivity index (χ3v) is 3.13. The highest BCUT2D eigenvalue weighted by atomic mass is 32.2. The number of hydrogen-bond donors (Lipinski definition) is 2. The maximum Gasteiger partial charge on any atom is 0.0702 e. The molecule has 0 rings (SSSR count). The van der Waals surface area contributed by atoms with Gasteiger partial charge in [-0.2, -0.15) is 12.6 Å². The molecule has 0 aromatic rings. The number of aliphatic hydroxyl groups excluding tert-OH is 1. The van der Waals surface area contributed by atoms with E-state index in [9.17, 15) is 0 Å². The molecule has 0 spiro atoms. The molecule has 0 amide bonds. The zero-order valence-corrected chi connectivity index (χ0v) is 8.83. The van der Waals surface area contributed by atoms with Crippen LogP contribution in [0.2, 0.25) is 0 Å². The van der Waals surface area contributed by atoms with Crippen molar-refractivity contribution in [1.82, 2.24) is 0 Å². The van der Waals surface area contributed by atoms with Gasteiger partial charge in [0.1, 0.15) is 0 Å². The van der Waals surface area contributed by atoms with Gasteiger partial charge in [0.05, 0.1) is 11.2 Å². The predicted molar refractivity (Wildman–Crippen MR) is 56.5 cm³/mol. The summed E-state index contributed by atoms with van der Waals surface area (Å²) in [6.45, 7) is 2.39. The van der Waals surface area contributed by atoms with E-state index in [1.807, 2.05) is 0 Å². The summed E-state index contributed by atoms with van der Waals surface area (Å²) in [4.78, 5) is 0. The van der Waals surface area contributed by atoms with Crippen LogP contribution in [0, 0.1) is 0 Å². The highest BCUT2D eigenvalue weighted by Gasteiger charge is 1.99. The Hall–Kier alpha value is 0.660. The number of unbranched alkanes of at least 4 members (excludes halogenated alkanes) is 3. The number of rotatable bonds is 7. The van der Waals surface area contributed by atoms with Crippen molar-refractivity contribution < 1.29 is 5.11 Å². The van der Waals surface area contributed by atoms with Crippen molar-refractivity contribution in [2.75, 3.05) is 12.4 Å². The van der Waals surface area contributed by atoms with Gasteiger partial charge in [0.25, 0.3) is 0 Å². The molecular formula is C8H18OS2. The summed E-state index contributed by atoms with van der Waals surface area (Å²) < 4.78 is 0.122. The van der Waals surface area contributed by atoms with Crippen molar-refractivity contribution >= 4 is 24.4 Å². The lowest BCUT2D eigenvalue weighted by molar-refractivity contribution is 0.316. The van der Waals surface area contributed by atoms with Crippen LogP contribution in [0.1, 0.15) is 32.6 Å². The second-order valence-corrected chi connectivity index (χ2v) is 4.85. The van der Waals surface area contributed by atoms with E-state index in [2.05, 4.69) is 19.6 Å². The van der Waals surface area contributed by atoms with Gasteiger partial charge in [0.15, 0.2) is 0 Å². The average Bonchev–Trinajstić information content (AvgIpc) is 2.04. The van der Waals surface area contributed by atoms with Crippen molar-refractivity contribution in [1.29, 1.82) is 0 Å². The summed E-state index contributed by atoms with van der Waals surface area (Å²) in [7, 11) is 0. The second-order valence-electron chi connectivity index (χ2n) is 2.57. The van der Waals surface area contributed by atoms with Gasteiger partial charge in [0, 0.05) is 0 Å². The highest BCUT2D eigenvalue weighted by Crippen LogP contribution is 2.16. The Morgan fingerprint density at radius 2 is 2.09 bits per heavy atom. The molecular weight excluding hydrogens is 176 g/mol. The van der Waals surface area contributed by atoms with Gasteiger partial charge in [-0.3, -0.25) is 0 Å². The molecule has 0 saturated carbocycles. The zero-order valence-electron chi connectivity index (χ0n) is 7.12. The van der Waals surface area contributed by atoms with Gasteiger partial charge in [0.2, 0.25) is 0 Å². The molecule has 1 nitrogen and oxygen atoms in total. The quantitative estimate of drug-likeness (QED) is 0.369. The van der Waals surface area contributed by atoms with Crippen LogP contribution >= 0.6 is 24.4 Å². The molecule has 3 heteroatoms. The Morgan fingerprint density at radius 3 is 2.64 bits per heavy atom. The number of aliphatic hydroxyl groups is 1. The van der Waals surface area contributed by atoms with Crippen molar-refractivity contribution in [3.05, 3.63) is 0 Å². The van der Waals surface area contributed by atoms with Gasteiger partial charge in [-0.15, -0.1) is 11.8 Å². The molecule has 1 unspecified atom stereocenters. The average molecular weight is 194 g/mol. The first-order valence-corrected chi connectivity index (χ1v) is 5.78. The Balaban J connectivity index is 2.89. The monoisotopic (exact) mass is 194 g/mol. The molecule has 0 aliphatic heterocycles. The van der Waals surface area contributed by atoms with Gasteiger partial charge >= 0.3 is 0 Å². The predicted octanol–water partition coefficient (Wildman–Crippen LogP) is 2.55. The van der Waals surface area contributed by atoms with Gasteiger partial charge in [-0.05, 0) is 12.2 Å². The molecule has 0 bridgehead atoms. The first-order chi connectivity index (χ1) is 5.31. The van der Waals surface area contributed by atoms with E-state index in [0.29, 0.717) is 0 Å². The largest absolute Gasteiger partial charge is 0.394 e. The van der Waals surface area contributed by atoms with Crippen molar-refractivity contribution in [3.8, 4) is 0 Å². The Kier molecular flexibility index (Phi) is 9.28. The maximum absolute atomic E-state index is 8.64. The zero-order chi connectivity index (χ0) is 8.53. The fourth-order valence-corrected chi connectivity index (χ4v) is 1.87. The van der Waals surface area contributed by atoms with E-state index in [-0.39, 0.29) is 11.2 Å². The summed E-state index contributed by atoms with van der Waals surface area (Å²) in [6, 6.07) is 0. The van der Waals surface area contributed by atoms with Gasteiger partial charge < -0.3 is 5.11 Å². The Morgan fingerprint density at radius 1 is 1.36 bits per heavy atom. The van der Waals surface area contributed by atoms with E-state index >= 15 is 0 Å². The molecule has 0 saturated heterocycles. The topological polar surface area (TPSA) is 20.2 Å². The van der Waals surface area contributed by atoms with Crippen LogP contribution < -0.4 is 0 Å². The van der Waals surface area contributed by atoms with Gasteiger partial charge in [-0.1, -0.05) is 26.2 Å². The molecule has 0 aromatic heterocycles. The van der Waals surface area contributed by atoms with Crippen LogP contribution in [-0.4, -0.2) is 22.0 Å². The Bertz CT molecular complexity index is 78.5. The lowest BCUT2D eigenvalue weighted by Gasteiger charge is -2.05. The summed E-state index contributed by atoms with van der Waals surface area (Å²) in [5.41, 5.74) is 0. The minimum Gasteiger partial charge on any atom is -0.394 e. The minimum atomic E-state index is 0.122. The molecule has 0 aliphatic carbocycles. The van der Waals surface area contributed by atoms with E-state index < -0.39 is 0 Å². The van der Waals surface area contributed by atoms with Crippen molar-refractivity contribution in [2.24, 2.45) is 0 Å². The minimum absolute atomic E-state index is 0.122. The van der Waals surface area contributed by atoms with Crippen molar-refractivity contribution in [3.63, 3.8) is 0 Å². The first kappa shape index (κ1) is 11.7. The molecule has 0 heterocycles. The molecule has 1 atom stereocenters. The lowest BCUT2D eigenvalue weighted by Crippen LogP contribution is -1.99. The summed E-state index contributed by atoms with van der Waals surface area (Å²) >= 11 is 5.91. The third kappa shape index (κ3) is 8.57. The number of hydrogen-bond acceptors (Lipinski definition) is 3. The van der Waals surface area contributed by atoms with Crippen LogP contribution in [0.15, 0.2) is 0 Å². The van der Waals surface area contributed by atoms with Crippen LogP contribution in [0.3, 0.4) is 0 Å². The third-order valence-electron chi connectivity index (χ3n) is 1.46. The van der Waals surface area contributed by atoms with Crippen molar-refractivity contribution in [2.45, 2.75) is 37.2 Å². The molecule has 68 valence electrons. The summed E-state index contributed by atoms with van der Waals surface area (Å²) in [5, 5.41) is 8.64. The fraction of sp³-hybridized carbons (Fsp3) is 1.00. The van der Waals surface area contributed by atoms with E-state index in [0.717, 1.165) is 5.75 Å². The molecule has 0 fully saturated rings. The standard InChI is InChI=1S/C8H18OS2/c1-2-3-4-5-6-11-8(10)7-9/h8-10H,2-7H2,1H3. The number of thioether (sulfide) groups is 1. The molecule has 0 radical (unpaired) electrons. The van der Waals surface area contributed by atoms with Crippen LogP contribution in [0.25, 0.3) is 0 Å². The Labute approximate surface area is 79.4 Å². The molecule has 0 aliphatic rings. The van der Waals surface area contributed by atoms with Crippen LogP contribution in [0.5, 0.6) is 0 Å². The van der Waals surface area contributed by atoms with E-state index in [4.69, 9.17) is 5.11 Å². The maximum atomic E-state index is 8.64. The van der Waals surface area contributed by atoms with Gasteiger partial charge in [-0.25, -0.2) is 0 Å². The second kappa shape index (κ2) is 8.75. The first-order valence-electron chi connectivity index (χ1n) is 4.21. The normalized spacial score (nSPS) is 13.4. The van der Waals surface area contributed by atoms with E-state index in [1.165, 1.54) is 25.7 Å². The highest BCUT2D eigenvalue weighted by molar-refractivity contribution is 8.10. The van der Waals surface area contributed by atoms with E-state index in [1.54, 1.807) is 11.8 Å². The SMILES string of the molecule is CCCCCCSC(S)CO. The molecule has 0 aromatic carbocycles. The smallest absolute Gasteiger partial charge is 0.0702 e. The fourth-order valence-electron chi connectivity index (χ4n) is 0.801. The summed E-state index contributed by atoms with van der Waals surface area (Å²) in [5.74, 6) is 1.13. The number of thiol groups is 1.